The fraction of sp³-hybridized carbons (Fsp3) is 0.444. The lowest BCUT2D eigenvalue weighted by molar-refractivity contribution is 0.102. The summed E-state index contributed by atoms with van der Waals surface area (Å²) >= 11 is 0. The van der Waals surface area contributed by atoms with Crippen LogP contribution in [0.1, 0.15) is 48.9 Å². The number of carbonyl (C=O) groups excluding carboxylic acids is 1. The highest BCUT2D eigenvalue weighted by Crippen LogP contribution is 2.32. The summed E-state index contributed by atoms with van der Waals surface area (Å²) in [7, 11) is -3.70. The second-order valence-electron chi connectivity index (χ2n) is 10.1. The molecule has 0 spiro atoms. The van der Waals surface area contributed by atoms with E-state index in [1.807, 2.05) is 18.3 Å². The predicted octanol–water partition coefficient (Wildman–Crippen LogP) is 3.46. The zero-order chi connectivity index (χ0) is 27.2. The molecule has 0 radical (unpaired) electrons. The fourth-order valence-corrected chi connectivity index (χ4v) is 6.12. The normalized spacial score (nSPS) is 18.5. The summed E-state index contributed by atoms with van der Waals surface area (Å²) in [5.74, 6) is 0.825. The first kappa shape index (κ1) is 26.9. The van der Waals surface area contributed by atoms with Crippen LogP contribution < -0.4 is 20.3 Å². The third kappa shape index (κ3) is 6.69. The van der Waals surface area contributed by atoms with Crippen molar-refractivity contribution < 1.29 is 18.3 Å². The van der Waals surface area contributed by atoms with Crippen molar-refractivity contribution >= 4 is 38.9 Å². The molecule has 1 saturated heterocycles. The summed E-state index contributed by atoms with van der Waals surface area (Å²) in [6.07, 6.45) is 10.0. The van der Waals surface area contributed by atoms with Crippen LogP contribution in [0, 0.1) is 5.92 Å². The first-order chi connectivity index (χ1) is 18.9. The van der Waals surface area contributed by atoms with E-state index >= 15 is 0 Å². The Morgan fingerprint density at radius 2 is 1.95 bits per heavy atom. The molecule has 0 saturated carbocycles. The van der Waals surface area contributed by atoms with Gasteiger partial charge < -0.3 is 20.6 Å². The van der Waals surface area contributed by atoms with Gasteiger partial charge in [0.05, 0.1) is 29.3 Å². The maximum Gasteiger partial charge on any atom is 0.258 e. The molecule has 0 unspecified atom stereocenters. The average Bonchev–Trinajstić information content (AvgIpc) is 3.45. The Kier molecular flexibility index (Phi) is 8.32. The molecule has 12 heteroatoms. The topological polar surface area (TPSA) is 141 Å². The number of pyridine rings is 1. The first-order valence-corrected chi connectivity index (χ1v) is 15.1. The van der Waals surface area contributed by atoms with E-state index in [1.165, 1.54) is 0 Å². The number of hydrogen-bond acceptors (Lipinski definition) is 8. The lowest BCUT2D eigenvalue weighted by Gasteiger charge is -2.36. The van der Waals surface area contributed by atoms with Gasteiger partial charge in [-0.15, -0.1) is 0 Å². The number of aliphatic hydroxyl groups is 1. The highest BCUT2D eigenvalue weighted by molar-refractivity contribution is 7.92. The van der Waals surface area contributed by atoms with Crippen LogP contribution in [0.4, 0.5) is 23.0 Å². The molecule has 4 N–H and O–H groups in total. The van der Waals surface area contributed by atoms with Crippen molar-refractivity contribution in [2.24, 2.45) is 5.92 Å². The number of aliphatic hydroxyl groups excluding tert-OH is 1. The van der Waals surface area contributed by atoms with Crippen LogP contribution in [0.5, 0.6) is 0 Å². The van der Waals surface area contributed by atoms with E-state index in [1.54, 1.807) is 35.1 Å². The van der Waals surface area contributed by atoms with Crippen molar-refractivity contribution in [2.75, 3.05) is 52.2 Å². The van der Waals surface area contributed by atoms with Gasteiger partial charge in [-0.3, -0.25) is 9.52 Å². The Labute approximate surface area is 228 Å². The molecule has 2 aliphatic rings. The van der Waals surface area contributed by atoms with Crippen LogP contribution in [0.3, 0.4) is 0 Å². The number of benzene rings is 1. The predicted molar refractivity (Wildman–Crippen MR) is 152 cm³/mol. The highest BCUT2D eigenvalue weighted by Gasteiger charge is 2.25. The molecule has 1 amide bonds. The maximum absolute atomic E-state index is 13.6. The number of anilines is 4. The minimum Gasteiger partial charge on any atom is -0.395 e. The van der Waals surface area contributed by atoms with Crippen molar-refractivity contribution in [3.05, 3.63) is 54.4 Å². The smallest absolute Gasteiger partial charge is 0.258 e. The largest absolute Gasteiger partial charge is 0.395 e. The van der Waals surface area contributed by atoms with E-state index in [0.29, 0.717) is 34.5 Å². The van der Waals surface area contributed by atoms with Gasteiger partial charge in [0.25, 0.3) is 5.91 Å². The van der Waals surface area contributed by atoms with Crippen LogP contribution >= 0.6 is 0 Å². The van der Waals surface area contributed by atoms with Crippen LogP contribution in [-0.4, -0.2) is 66.2 Å². The van der Waals surface area contributed by atoms with Crippen LogP contribution in [0.15, 0.2) is 48.8 Å². The Hall–Kier alpha value is -3.64. The van der Waals surface area contributed by atoms with Gasteiger partial charge in [-0.05, 0) is 68.0 Å². The monoisotopic (exact) mass is 553 g/mol. The number of piperidine rings is 1. The van der Waals surface area contributed by atoms with Gasteiger partial charge in [0.1, 0.15) is 11.5 Å². The van der Waals surface area contributed by atoms with Crippen molar-refractivity contribution in [1.82, 2.24) is 14.8 Å². The van der Waals surface area contributed by atoms with Gasteiger partial charge in [0, 0.05) is 32.0 Å². The van der Waals surface area contributed by atoms with Gasteiger partial charge >= 0.3 is 0 Å². The molecule has 5 rings (SSSR count). The minimum atomic E-state index is -3.70. The second-order valence-corrected chi connectivity index (χ2v) is 11.9. The molecule has 1 fully saturated rings. The third-order valence-corrected chi connectivity index (χ3v) is 8.45. The molecule has 1 atom stereocenters. The fourth-order valence-electron chi connectivity index (χ4n) is 5.29. The number of sulfonamides is 1. The molecule has 1 aromatic carbocycles. The lowest BCUT2D eigenvalue weighted by Crippen LogP contribution is -2.36. The number of rotatable bonds is 5. The van der Waals surface area contributed by atoms with Crippen molar-refractivity contribution in [1.29, 1.82) is 0 Å². The van der Waals surface area contributed by atoms with Crippen molar-refractivity contribution in [3.8, 4) is 5.69 Å². The Morgan fingerprint density at radius 1 is 1.08 bits per heavy atom. The summed E-state index contributed by atoms with van der Waals surface area (Å²) in [6.45, 7) is 1.90. The molecule has 208 valence electrons. The Balaban J connectivity index is 1.50. The summed E-state index contributed by atoms with van der Waals surface area (Å²) < 4.78 is 28.9. The summed E-state index contributed by atoms with van der Waals surface area (Å²) in [6, 6.07) is 10.4. The number of hydrogen-bond donors (Lipinski definition) is 4. The van der Waals surface area contributed by atoms with E-state index in [9.17, 15) is 13.2 Å². The van der Waals surface area contributed by atoms with Crippen molar-refractivity contribution in [3.63, 3.8) is 0 Å². The van der Waals surface area contributed by atoms with Gasteiger partial charge in [-0.25, -0.2) is 18.1 Å². The van der Waals surface area contributed by atoms with Crippen LogP contribution in [0.25, 0.3) is 5.69 Å². The number of amides is 1. The molecular formula is C27H35N7O4S. The molecule has 11 nitrogen and oxygen atoms in total. The van der Waals surface area contributed by atoms with Crippen LogP contribution in [0.2, 0.25) is 0 Å². The minimum absolute atomic E-state index is 0.325. The van der Waals surface area contributed by atoms with Crippen LogP contribution in [-0.2, 0) is 10.0 Å². The number of aromatic nitrogens is 3. The highest BCUT2D eigenvalue weighted by atomic mass is 32.2. The number of nitrogens with one attached hydrogen (secondary N) is 3. The van der Waals surface area contributed by atoms with E-state index in [0.717, 1.165) is 63.8 Å². The molecule has 3 aromatic rings. The standard InChI is InChI=1S/C27H35N7O4S/c35-16-17-39(37,38)32-21-8-9-22-24(18-21)33-14-4-7-20(19-33)6-2-1-3-12-28-26-23(34-15-5-13-29-34)10-11-25(30-26)31-27(22)36/h5,8-11,13,15,18,20,32,35H,1-4,6-7,12,14,16-17,19H2,(H2,28,30,31,36)/t20-/m1/s1. The molecule has 0 aliphatic carbocycles. The summed E-state index contributed by atoms with van der Waals surface area (Å²) in [5, 5.41) is 19.8. The lowest BCUT2D eigenvalue weighted by atomic mass is 9.91. The summed E-state index contributed by atoms with van der Waals surface area (Å²) in [5.41, 5.74) is 2.28. The number of carbonyl (C=O) groups is 1. The van der Waals surface area contributed by atoms with Gasteiger partial charge in [-0.2, -0.15) is 5.10 Å². The van der Waals surface area contributed by atoms with E-state index in [-0.39, 0.29) is 5.91 Å². The SMILES string of the molecule is O=C1Nc2ccc(-n3cccn3)c(n2)NCCCCC[C@@H]2CCCN(C2)c2cc(NS(=O)(=O)CCO)ccc21. The van der Waals surface area contributed by atoms with Gasteiger partial charge in [0.2, 0.25) is 10.0 Å². The van der Waals surface area contributed by atoms with Gasteiger partial charge in [0.15, 0.2) is 5.82 Å². The average molecular weight is 554 g/mol. The molecule has 2 aliphatic heterocycles. The second kappa shape index (κ2) is 12.0. The molecule has 4 heterocycles. The third-order valence-electron chi connectivity index (χ3n) is 7.18. The summed E-state index contributed by atoms with van der Waals surface area (Å²) in [4.78, 5) is 20.5. The van der Waals surface area contributed by atoms with Gasteiger partial charge in [-0.1, -0.05) is 12.8 Å². The quantitative estimate of drug-likeness (QED) is 0.376. The Morgan fingerprint density at radius 3 is 2.77 bits per heavy atom. The van der Waals surface area contributed by atoms with E-state index < -0.39 is 22.4 Å². The number of fused-ring (bicyclic) bond motifs is 6. The molecular weight excluding hydrogens is 518 g/mol. The van der Waals surface area contributed by atoms with E-state index in [4.69, 9.17) is 10.1 Å². The maximum atomic E-state index is 13.6. The Bertz CT molecular complexity index is 1400. The molecule has 39 heavy (non-hydrogen) atoms. The van der Waals surface area contributed by atoms with Crippen molar-refractivity contribution in [2.45, 2.75) is 38.5 Å². The van der Waals surface area contributed by atoms with E-state index in [2.05, 4.69) is 25.4 Å². The zero-order valence-corrected chi connectivity index (χ0v) is 22.7. The molecule has 4 bridgehead atoms. The number of nitrogens with zero attached hydrogens (tertiary/aromatic N) is 4. The zero-order valence-electron chi connectivity index (χ0n) is 21.8. The first-order valence-electron chi connectivity index (χ1n) is 13.5. The molecule has 2 aromatic heterocycles.